The predicted octanol–water partition coefficient (Wildman–Crippen LogP) is 2.40. The lowest BCUT2D eigenvalue weighted by Crippen LogP contribution is -2.37. The van der Waals surface area contributed by atoms with E-state index >= 15 is 0 Å². The summed E-state index contributed by atoms with van der Waals surface area (Å²) in [6.07, 6.45) is 0. The molecule has 0 radical (unpaired) electrons. The molecule has 1 aromatic carbocycles. The van der Waals surface area contributed by atoms with Crippen LogP contribution in [0.25, 0.3) is 0 Å². The van der Waals surface area contributed by atoms with Crippen molar-refractivity contribution in [1.82, 2.24) is 4.90 Å². The normalized spacial score (nSPS) is 10.6. The number of benzene rings is 1. The fraction of sp³-hybridized carbons (Fsp3) is 0.417. The number of halogens is 1. The summed E-state index contributed by atoms with van der Waals surface area (Å²) in [5.74, 6) is -1.22. The second kappa shape index (κ2) is 4.96. The summed E-state index contributed by atoms with van der Waals surface area (Å²) < 4.78 is 13.5. The van der Waals surface area contributed by atoms with E-state index in [9.17, 15) is 9.18 Å². The summed E-state index contributed by atoms with van der Waals surface area (Å²) >= 11 is 0. The number of carbonyl (C=O) groups is 1. The summed E-state index contributed by atoms with van der Waals surface area (Å²) in [5, 5.41) is 9.06. The summed E-state index contributed by atoms with van der Waals surface area (Å²) in [7, 11) is 0. The quantitative estimate of drug-likeness (QED) is 0.858. The first-order valence-electron chi connectivity index (χ1n) is 5.26. The number of amides is 1. The lowest BCUT2D eigenvalue weighted by molar-refractivity contribution is 0.0712. The van der Waals surface area contributed by atoms with Gasteiger partial charge in [0.1, 0.15) is 11.6 Å². The molecule has 1 amide bonds. The number of phenolic OH excluding ortho intramolecular Hbond substituents is 1. The Balaban J connectivity index is 3.04. The molecule has 0 saturated carbocycles. The van der Waals surface area contributed by atoms with Gasteiger partial charge in [-0.25, -0.2) is 4.39 Å². The van der Waals surface area contributed by atoms with E-state index in [2.05, 4.69) is 0 Å². The molecule has 0 unspecified atom stereocenters. The molecule has 0 atom stereocenters. The predicted molar refractivity (Wildman–Crippen MR) is 59.9 cm³/mol. The zero-order chi connectivity index (χ0) is 12.3. The Hall–Kier alpha value is -1.58. The largest absolute Gasteiger partial charge is 0.508 e. The molecule has 1 aromatic rings. The number of aromatic hydroxyl groups is 1. The summed E-state index contributed by atoms with van der Waals surface area (Å²) in [5.41, 5.74) is -0.00616. The Morgan fingerprint density at radius 2 is 2.12 bits per heavy atom. The lowest BCUT2D eigenvalue weighted by atomic mass is 10.1. The fourth-order valence-corrected chi connectivity index (χ4v) is 1.58. The average Bonchev–Trinajstić information content (AvgIpc) is 2.17. The Labute approximate surface area is 94.5 Å². The zero-order valence-electron chi connectivity index (χ0n) is 9.70. The second-order valence-corrected chi connectivity index (χ2v) is 3.85. The zero-order valence-corrected chi connectivity index (χ0v) is 9.70. The topological polar surface area (TPSA) is 40.5 Å². The first kappa shape index (κ1) is 12.5. The molecule has 1 N–H and O–H groups in total. The van der Waals surface area contributed by atoms with Crippen molar-refractivity contribution in [2.45, 2.75) is 26.8 Å². The van der Waals surface area contributed by atoms with Crippen LogP contribution in [-0.4, -0.2) is 28.5 Å². The van der Waals surface area contributed by atoms with Crippen molar-refractivity contribution >= 4 is 5.91 Å². The molecule has 0 heterocycles. The molecular formula is C12H16FNO2. The van der Waals surface area contributed by atoms with Gasteiger partial charge >= 0.3 is 0 Å². The minimum Gasteiger partial charge on any atom is -0.508 e. The molecule has 4 heteroatoms. The number of rotatable bonds is 3. The van der Waals surface area contributed by atoms with Crippen LogP contribution < -0.4 is 0 Å². The first-order chi connectivity index (χ1) is 7.47. The van der Waals surface area contributed by atoms with Crippen LogP contribution in [0, 0.1) is 5.82 Å². The highest BCUT2D eigenvalue weighted by Crippen LogP contribution is 2.17. The molecule has 0 bridgehead atoms. The van der Waals surface area contributed by atoms with Gasteiger partial charge in [-0.2, -0.15) is 0 Å². The Kier molecular flexibility index (Phi) is 3.88. The summed E-state index contributed by atoms with van der Waals surface area (Å²) in [6.45, 7) is 6.12. The van der Waals surface area contributed by atoms with E-state index in [0.29, 0.717) is 6.54 Å². The van der Waals surface area contributed by atoms with Gasteiger partial charge in [-0.05, 0) is 32.9 Å². The Morgan fingerprint density at radius 1 is 1.50 bits per heavy atom. The van der Waals surface area contributed by atoms with Crippen molar-refractivity contribution in [2.24, 2.45) is 0 Å². The smallest absolute Gasteiger partial charge is 0.257 e. The van der Waals surface area contributed by atoms with Crippen LogP contribution >= 0.6 is 0 Å². The molecule has 0 spiro atoms. The maximum absolute atomic E-state index is 13.5. The van der Waals surface area contributed by atoms with Gasteiger partial charge in [-0.15, -0.1) is 0 Å². The van der Waals surface area contributed by atoms with Gasteiger partial charge in [-0.1, -0.05) is 0 Å². The van der Waals surface area contributed by atoms with Crippen LogP contribution in [0.2, 0.25) is 0 Å². The van der Waals surface area contributed by atoms with E-state index in [4.69, 9.17) is 5.11 Å². The highest BCUT2D eigenvalue weighted by Gasteiger charge is 2.20. The van der Waals surface area contributed by atoms with Gasteiger partial charge in [0.2, 0.25) is 0 Å². The lowest BCUT2D eigenvalue weighted by Gasteiger charge is -2.25. The van der Waals surface area contributed by atoms with Crippen LogP contribution in [0.1, 0.15) is 31.1 Å². The van der Waals surface area contributed by atoms with Gasteiger partial charge in [-0.3, -0.25) is 4.79 Å². The van der Waals surface area contributed by atoms with Gasteiger partial charge in [0, 0.05) is 18.7 Å². The summed E-state index contributed by atoms with van der Waals surface area (Å²) in [4.78, 5) is 13.5. The molecule has 0 aliphatic carbocycles. The average molecular weight is 225 g/mol. The molecule has 1 rings (SSSR count). The SMILES string of the molecule is CCN(C(=O)c1ccc(O)cc1F)C(C)C. The fourth-order valence-electron chi connectivity index (χ4n) is 1.58. The van der Waals surface area contributed by atoms with Gasteiger partial charge in [0.05, 0.1) is 5.56 Å². The van der Waals surface area contributed by atoms with Crippen molar-refractivity contribution in [1.29, 1.82) is 0 Å². The van der Waals surface area contributed by atoms with Crippen LogP contribution in [0.3, 0.4) is 0 Å². The molecule has 0 aromatic heterocycles. The molecule has 0 aliphatic heterocycles. The van der Waals surface area contributed by atoms with Crippen LogP contribution in [0.5, 0.6) is 5.75 Å². The van der Waals surface area contributed by atoms with Crippen LogP contribution in [0.15, 0.2) is 18.2 Å². The van der Waals surface area contributed by atoms with E-state index in [1.165, 1.54) is 12.1 Å². The monoisotopic (exact) mass is 225 g/mol. The number of hydrogen-bond donors (Lipinski definition) is 1. The van der Waals surface area contributed by atoms with Crippen molar-refractivity contribution in [3.63, 3.8) is 0 Å². The highest BCUT2D eigenvalue weighted by molar-refractivity contribution is 5.94. The molecule has 0 fully saturated rings. The number of nitrogens with zero attached hydrogens (tertiary/aromatic N) is 1. The third-order valence-electron chi connectivity index (χ3n) is 2.41. The van der Waals surface area contributed by atoms with E-state index in [1.807, 2.05) is 20.8 Å². The standard InChI is InChI=1S/C12H16FNO2/c1-4-14(8(2)3)12(16)10-6-5-9(15)7-11(10)13/h5-8,15H,4H2,1-3H3. The molecule has 0 aliphatic rings. The van der Waals surface area contributed by atoms with Crippen molar-refractivity contribution in [3.8, 4) is 5.75 Å². The van der Waals surface area contributed by atoms with Gasteiger partial charge < -0.3 is 10.0 Å². The maximum Gasteiger partial charge on any atom is 0.257 e. The number of hydrogen-bond acceptors (Lipinski definition) is 2. The molecule has 16 heavy (non-hydrogen) atoms. The number of carbonyl (C=O) groups excluding carboxylic acids is 1. The van der Waals surface area contributed by atoms with Gasteiger partial charge in [0.25, 0.3) is 5.91 Å². The Bertz CT molecular complexity index is 391. The third kappa shape index (κ3) is 2.51. The Morgan fingerprint density at radius 3 is 2.56 bits per heavy atom. The second-order valence-electron chi connectivity index (χ2n) is 3.85. The minimum absolute atomic E-state index is 0.00616. The molecular weight excluding hydrogens is 209 g/mol. The van der Waals surface area contributed by atoms with Crippen LogP contribution in [0.4, 0.5) is 4.39 Å². The van der Waals surface area contributed by atoms with E-state index < -0.39 is 5.82 Å². The van der Waals surface area contributed by atoms with Crippen molar-refractivity contribution in [2.75, 3.05) is 6.54 Å². The molecule has 3 nitrogen and oxygen atoms in total. The van der Waals surface area contributed by atoms with E-state index in [0.717, 1.165) is 6.07 Å². The van der Waals surface area contributed by atoms with Crippen LogP contribution in [-0.2, 0) is 0 Å². The maximum atomic E-state index is 13.5. The minimum atomic E-state index is -0.691. The van der Waals surface area contributed by atoms with Crippen molar-refractivity contribution in [3.05, 3.63) is 29.6 Å². The number of phenols is 1. The van der Waals surface area contributed by atoms with E-state index in [-0.39, 0.29) is 23.3 Å². The first-order valence-corrected chi connectivity index (χ1v) is 5.26. The molecule has 88 valence electrons. The molecule has 0 saturated heterocycles. The highest BCUT2D eigenvalue weighted by atomic mass is 19.1. The van der Waals surface area contributed by atoms with Gasteiger partial charge in [0.15, 0.2) is 0 Å². The third-order valence-corrected chi connectivity index (χ3v) is 2.41. The summed E-state index contributed by atoms with van der Waals surface area (Å²) in [6, 6.07) is 3.58. The van der Waals surface area contributed by atoms with E-state index in [1.54, 1.807) is 4.90 Å². The van der Waals surface area contributed by atoms with Crippen molar-refractivity contribution < 1.29 is 14.3 Å².